The van der Waals surface area contributed by atoms with Crippen LogP contribution in [-0.4, -0.2) is 63.5 Å². The van der Waals surface area contributed by atoms with E-state index in [1.165, 1.54) is 12.1 Å². The molecule has 5 rings (SSSR count). The number of nitrogens with zero attached hydrogens (tertiary/aromatic N) is 4. The van der Waals surface area contributed by atoms with Gasteiger partial charge in [-0.3, -0.25) is 19.7 Å². The highest BCUT2D eigenvalue weighted by atomic mass is 19.1. The summed E-state index contributed by atoms with van der Waals surface area (Å²) in [5, 5.41) is 9.45. The molecule has 0 bridgehead atoms. The first kappa shape index (κ1) is 24.1. The monoisotopic (exact) mass is 471 g/mol. The fourth-order valence-electron chi connectivity index (χ4n) is 4.26. The molecule has 0 aromatic carbocycles. The van der Waals surface area contributed by atoms with Crippen LogP contribution in [0.25, 0.3) is 11.0 Å². The van der Waals surface area contributed by atoms with E-state index in [0.717, 1.165) is 43.4 Å². The van der Waals surface area contributed by atoms with Gasteiger partial charge in [-0.2, -0.15) is 0 Å². The van der Waals surface area contributed by atoms with Crippen LogP contribution in [-0.2, 0) is 13.1 Å². The Morgan fingerprint density at radius 3 is 2.71 bits per heavy atom. The fraction of sp³-hybridized carbons (Fsp3) is 0.458. The van der Waals surface area contributed by atoms with Gasteiger partial charge in [0.05, 0.1) is 35.7 Å². The number of hydrogen-bond acceptors (Lipinski definition) is 8. The van der Waals surface area contributed by atoms with Gasteiger partial charge in [0.1, 0.15) is 19.0 Å². The molecule has 3 aromatic heterocycles. The van der Waals surface area contributed by atoms with E-state index >= 15 is 0 Å². The Kier molecular flexibility index (Phi) is 8.04. The van der Waals surface area contributed by atoms with Gasteiger partial charge in [0.15, 0.2) is 11.5 Å². The van der Waals surface area contributed by atoms with Crippen LogP contribution in [0.1, 0.15) is 25.0 Å². The summed E-state index contributed by atoms with van der Waals surface area (Å²) in [6, 6.07) is 6.41. The summed E-state index contributed by atoms with van der Waals surface area (Å²) in [7, 11) is 0. The number of piperidine rings is 1. The molecule has 3 aromatic rings. The number of nitrogens with two attached hydrogens (primary N) is 1. The summed E-state index contributed by atoms with van der Waals surface area (Å²) < 4.78 is 25.6. The molecule has 9 nitrogen and oxygen atoms in total. The molecule has 0 aliphatic carbocycles. The summed E-state index contributed by atoms with van der Waals surface area (Å²) in [5.41, 5.74) is 7.22. The highest BCUT2D eigenvalue weighted by molar-refractivity contribution is 5.74. The molecule has 182 valence electrons. The Balaban J connectivity index is 0.000000192. The van der Waals surface area contributed by atoms with E-state index in [1.54, 1.807) is 16.8 Å². The Morgan fingerprint density at radius 2 is 1.91 bits per heavy atom. The van der Waals surface area contributed by atoms with Crippen molar-refractivity contribution in [3.05, 3.63) is 58.5 Å². The second kappa shape index (κ2) is 11.4. The van der Waals surface area contributed by atoms with Crippen molar-refractivity contribution in [1.82, 2.24) is 19.4 Å². The van der Waals surface area contributed by atoms with E-state index in [-0.39, 0.29) is 18.2 Å². The molecule has 2 aliphatic rings. The second-order valence-electron chi connectivity index (χ2n) is 8.27. The van der Waals surface area contributed by atoms with Crippen LogP contribution in [0, 0.1) is 5.82 Å². The molecule has 1 saturated heterocycles. The van der Waals surface area contributed by atoms with Crippen LogP contribution >= 0.6 is 0 Å². The van der Waals surface area contributed by atoms with Crippen molar-refractivity contribution in [3.63, 3.8) is 0 Å². The first-order chi connectivity index (χ1) is 16.6. The molecule has 0 saturated carbocycles. The van der Waals surface area contributed by atoms with Crippen LogP contribution in [0.15, 0.2) is 41.5 Å². The van der Waals surface area contributed by atoms with Crippen molar-refractivity contribution in [1.29, 1.82) is 0 Å². The lowest BCUT2D eigenvalue weighted by Crippen LogP contribution is -2.44. The maximum Gasteiger partial charge on any atom is 0.251 e. The highest BCUT2D eigenvalue weighted by Crippen LogP contribution is 2.29. The minimum absolute atomic E-state index is 0.140. The summed E-state index contributed by atoms with van der Waals surface area (Å²) in [6.07, 6.45) is 6.03. The molecule has 0 spiro atoms. The van der Waals surface area contributed by atoms with Crippen LogP contribution in [0.4, 0.5) is 4.39 Å². The van der Waals surface area contributed by atoms with Crippen molar-refractivity contribution in [3.8, 4) is 11.5 Å². The van der Waals surface area contributed by atoms with E-state index in [0.29, 0.717) is 49.6 Å². The zero-order valence-electron chi connectivity index (χ0n) is 19.0. The number of ether oxygens (including phenoxy) is 2. The third kappa shape index (κ3) is 5.69. The number of aliphatic hydroxyl groups is 1. The van der Waals surface area contributed by atoms with Gasteiger partial charge in [-0.15, -0.1) is 0 Å². The number of aliphatic hydroxyl groups excluding tert-OH is 1. The van der Waals surface area contributed by atoms with Gasteiger partial charge in [0.2, 0.25) is 0 Å². The lowest BCUT2D eigenvalue weighted by Gasteiger charge is -2.34. The van der Waals surface area contributed by atoms with Gasteiger partial charge in [-0.05, 0) is 25.5 Å². The summed E-state index contributed by atoms with van der Waals surface area (Å²) in [6.45, 7) is 3.82. The largest absolute Gasteiger partial charge is 0.486 e. The SMILES string of the molecule is NCc1cc2c(cn1)OCCO2.O=c1ccc2ncc(F)cc2n1CCN1CCCCC1CO. The summed E-state index contributed by atoms with van der Waals surface area (Å²) >= 11 is 0. The van der Waals surface area contributed by atoms with Gasteiger partial charge in [-0.1, -0.05) is 6.42 Å². The van der Waals surface area contributed by atoms with Crippen LogP contribution in [0.3, 0.4) is 0 Å². The van der Waals surface area contributed by atoms with Crippen molar-refractivity contribution in [2.75, 3.05) is 32.9 Å². The molecule has 1 atom stereocenters. The van der Waals surface area contributed by atoms with Crippen LogP contribution in [0.5, 0.6) is 11.5 Å². The maximum absolute atomic E-state index is 13.4. The molecule has 3 N–H and O–H groups in total. The molecule has 1 fully saturated rings. The van der Waals surface area contributed by atoms with Crippen molar-refractivity contribution in [2.45, 2.75) is 38.4 Å². The van der Waals surface area contributed by atoms with Gasteiger partial charge in [0, 0.05) is 43.9 Å². The molecular formula is C24H30FN5O4. The molecular weight excluding hydrogens is 441 g/mol. The van der Waals surface area contributed by atoms with E-state index in [4.69, 9.17) is 15.2 Å². The van der Waals surface area contributed by atoms with Gasteiger partial charge < -0.3 is 24.9 Å². The molecule has 0 amide bonds. The summed E-state index contributed by atoms with van der Waals surface area (Å²) in [5.74, 6) is 1.01. The van der Waals surface area contributed by atoms with Gasteiger partial charge >= 0.3 is 0 Å². The minimum atomic E-state index is -0.446. The standard InChI is InChI=1S/C16H20FN3O2.C8H10N2O2/c17-12-9-15-14(18-10-12)4-5-16(22)20(15)8-7-19-6-2-1-3-13(19)11-21;9-4-6-3-7-8(5-10-6)12-2-1-11-7/h4-5,9-10,13,21H,1-3,6-8,11H2;3,5H,1-2,4,9H2. The predicted molar refractivity (Wildman–Crippen MR) is 125 cm³/mol. The number of pyridine rings is 3. The third-order valence-corrected chi connectivity index (χ3v) is 6.07. The third-order valence-electron chi connectivity index (χ3n) is 6.07. The summed E-state index contributed by atoms with van der Waals surface area (Å²) in [4.78, 5) is 22.4. The van der Waals surface area contributed by atoms with Crippen molar-refractivity contribution >= 4 is 11.0 Å². The molecule has 34 heavy (non-hydrogen) atoms. The average molecular weight is 472 g/mol. The minimum Gasteiger partial charge on any atom is -0.486 e. The number of rotatable bonds is 5. The fourth-order valence-corrected chi connectivity index (χ4v) is 4.26. The van der Waals surface area contributed by atoms with Crippen LogP contribution in [0.2, 0.25) is 0 Å². The topological polar surface area (TPSA) is 116 Å². The predicted octanol–water partition coefficient (Wildman–Crippen LogP) is 1.69. The Morgan fingerprint density at radius 1 is 1.09 bits per heavy atom. The van der Waals surface area contributed by atoms with Crippen molar-refractivity contribution < 1.29 is 19.0 Å². The van der Waals surface area contributed by atoms with E-state index in [2.05, 4.69) is 14.9 Å². The molecule has 1 unspecified atom stereocenters. The molecule has 5 heterocycles. The number of fused-ring (bicyclic) bond motifs is 2. The molecule has 2 aliphatic heterocycles. The molecule has 0 radical (unpaired) electrons. The molecule has 10 heteroatoms. The number of hydrogen-bond donors (Lipinski definition) is 2. The smallest absolute Gasteiger partial charge is 0.251 e. The zero-order chi connectivity index (χ0) is 23.9. The Bertz CT molecular complexity index is 1170. The van der Waals surface area contributed by atoms with E-state index < -0.39 is 5.82 Å². The normalized spacial score (nSPS) is 17.8. The first-order valence-corrected chi connectivity index (χ1v) is 11.5. The van der Waals surface area contributed by atoms with Crippen LogP contribution < -0.4 is 20.8 Å². The number of aromatic nitrogens is 3. The maximum atomic E-state index is 13.4. The highest BCUT2D eigenvalue weighted by Gasteiger charge is 2.21. The first-order valence-electron chi connectivity index (χ1n) is 11.5. The van der Waals surface area contributed by atoms with Gasteiger partial charge in [-0.25, -0.2) is 4.39 Å². The quantitative estimate of drug-likeness (QED) is 0.578. The number of likely N-dealkylation sites (tertiary alicyclic amines) is 1. The lowest BCUT2D eigenvalue weighted by molar-refractivity contribution is 0.0872. The van der Waals surface area contributed by atoms with Gasteiger partial charge in [0.25, 0.3) is 5.56 Å². The average Bonchev–Trinajstić information content (AvgIpc) is 2.88. The Hall–Kier alpha value is -3.08. The number of halogens is 1. The van der Waals surface area contributed by atoms with Crippen molar-refractivity contribution in [2.24, 2.45) is 5.73 Å². The lowest BCUT2D eigenvalue weighted by atomic mass is 10.0. The Labute approximate surface area is 196 Å². The second-order valence-corrected chi connectivity index (χ2v) is 8.27. The zero-order valence-corrected chi connectivity index (χ0v) is 19.0. The van der Waals surface area contributed by atoms with E-state index in [1.807, 2.05) is 6.07 Å². The van der Waals surface area contributed by atoms with E-state index in [9.17, 15) is 14.3 Å².